The second kappa shape index (κ2) is 11.4. The van der Waals surface area contributed by atoms with Crippen molar-refractivity contribution >= 4 is 17.0 Å². The van der Waals surface area contributed by atoms with Crippen LogP contribution in [0.4, 0.5) is 0 Å². The van der Waals surface area contributed by atoms with Gasteiger partial charge < -0.3 is 20.5 Å². The molecule has 0 saturated carbocycles. The Bertz CT molecular complexity index is 1500. The minimum absolute atomic E-state index is 0.00584. The van der Waals surface area contributed by atoms with E-state index in [-0.39, 0.29) is 11.3 Å². The summed E-state index contributed by atoms with van der Waals surface area (Å²) in [6, 6.07) is 19.8. The maximum Gasteiger partial charge on any atom is 0.248 e. The topological polar surface area (TPSA) is 85.3 Å². The molecule has 2 aliphatic rings. The SMILES string of the molecule is C1=Cc2ccccc2C1.CCc1cc2c(cc1CC)CC(NC[C@H](O)c1ccc(O)c3[nH]c(=O)ccc13)C2. The number of aromatic nitrogens is 1. The number of aryl methyl sites for hydroxylation is 2. The molecule has 196 valence electrons. The van der Waals surface area contributed by atoms with Crippen molar-refractivity contribution in [3.8, 4) is 5.75 Å². The van der Waals surface area contributed by atoms with Crippen molar-refractivity contribution in [3.05, 3.63) is 116 Å². The number of nitrogens with one attached hydrogen (secondary N) is 2. The van der Waals surface area contributed by atoms with E-state index in [1.165, 1.54) is 45.5 Å². The van der Waals surface area contributed by atoms with Gasteiger partial charge in [0.2, 0.25) is 5.56 Å². The third-order valence-corrected chi connectivity index (χ3v) is 7.77. The molecule has 2 aliphatic carbocycles. The lowest BCUT2D eigenvalue weighted by molar-refractivity contribution is 0.171. The van der Waals surface area contributed by atoms with Crippen LogP contribution in [-0.2, 0) is 32.1 Å². The summed E-state index contributed by atoms with van der Waals surface area (Å²) < 4.78 is 0. The number of aliphatic hydroxyl groups excluding tert-OH is 1. The first-order valence-corrected chi connectivity index (χ1v) is 13.6. The van der Waals surface area contributed by atoms with E-state index in [1.807, 2.05) is 0 Å². The average Bonchev–Trinajstić information content (AvgIpc) is 3.58. The fourth-order valence-corrected chi connectivity index (χ4v) is 5.71. The molecule has 6 rings (SSSR count). The maximum atomic E-state index is 11.6. The number of pyridine rings is 1. The Morgan fingerprint density at radius 2 is 1.66 bits per heavy atom. The van der Waals surface area contributed by atoms with Crippen molar-refractivity contribution < 1.29 is 10.2 Å². The zero-order valence-corrected chi connectivity index (χ0v) is 22.1. The van der Waals surface area contributed by atoms with Gasteiger partial charge in [0, 0.05) is 24.0 Å². The first-order valence-electron chi connectivity index (χ1n) is 13.6. The van der Waals surface area contributed by atoms with Crippen molar-refractivity contribution in [1.82, 2.24) is 10.3 Å². The number of hydrogen-bond donors (Lipinski definition) is 4. The van der Waals surface area contributed by atoms with Gasteiger partial charge in [-0.25, -0.2) is 0 Å². The molecule has 0 fully saturated rings. The lowest BCUT2D eigenvalue weighted by atomic mass is 9.97. The molecule has 1 aromatic heterocycles. The summed E-state index contributed by atoms with van der Waals surface area (Å²) in [6.07, 6.45) is 8.83. The third kappa shape index (κ3) is 5.45. The van der Waals surface area contributed by atoms with Crippen LogP contribution < -0.4 is 10.9 Å². The Labute approximate surface area is 223 Å². The molecule has 0 spiro atoms. The van der Waals surface area contributed by atoms with Crippen LogP contribution in [0.3, 0.4) is 0 Å². The van der Waals surface area contributed by atoms with Crippen molar-refractivity contribution in [3.63, 3.8) is 0 Å². The van der Waals surface area contributed by atoms with Gasteiger partial charge >= 0.3 is 0 Å². The van der Waals surface area contributed by atoms with Gasteiger partial charge in [-0.2, -0.15) is 0 Å². The number of rotatable bonds is 6. The Morgan fingerprint density at radius 3 is 2.34 bits per heavy atom. The molecule has 4 aromatic rings. The van der Waals surface area contributed by atoms with Gasteiger partial charge in [0.15, 0.2) is 0 Å². The first-order chi connectivity index (χ1) is 18.5. The summed E-state index contributed by atoms with van der Waals surface area (Å²) in [4.78, 5) is 14.2. The summed E-state index contributed by atoms with van der Waals surface area (Å²) in [7, 11) is 0. The van der Waals surface area contributed by atoms with Gasteiger partial charge in [0.25, 0.3) is 0 Å². The smallest absolute Gasteiger partial charge is 0.248 e. The number of benzene rings is 3. The van der Waals surface area contributed by atoms with Crippen LogP contribution in [0.25, 0.3) is 17.0 Å². The second-order valence-electron chi connectivity index (χ2n) is 10.2. The summed E-state index contributed by atoms with van der Waals surface area (Å²) in [5, 5.41) is 25.0. The molecule has 1 atom stereocenters. The van der Waals surface area contributed by atoms with E-state index in [9.17, 15) is 15.0 Å². The van der Waals surface area contributed by atoms with Crippen LogP contribution >= 0.6 is 0 Å². The Hall–Kier alpha value is -3.67. The molecule has 0 aliphatic heterocycles. The number of phenols is 1. The molecule has 0 radical (unpaired) electrons. The Kier molecular flexibility index (Phi) is 7.77. The fraction of sp³-hybridized carbons (Fsp3) is 0.303. The molecule has 3 aromatic carbocycles. The highest BCUT2D eigenvalue weighted by atomic mass is 16.3. The van der Waals surface area contributed by atoms with Crippen molar-refractivity contribution in [2.45, 2.75) is 58.1 Å². The van der Waals surface area contributed by atoms with Crippen LogP contribution in [0.1, 0.15) is 58.9 Å². The minimum atomic E-state index is -0.731. The molecular formula is C33H36N2O3. The highest BCUT2D eigenvalue weighted by Gasteiger charge is 2.24. The number of allylic oxidation sites excluding steroid dienone is 1. The number of aromatic amines is 1. The highest BCUT2D eigenvalue weighted by molar-refractivity contribution is 5.87. The predicted octanol–water partition coefficient (Wildman–Crippen LogP) is 5.40. The number of phenolic OH excluding ortho intramolecular Hbond substituents is 1. The summed E-state index contributed by atoms with van der Waals surface area (Å²) >= 11 is 0. The quantitative estimate of drug-likeness (QED) is 0.281. The number of H-pyrrole nitrogens is 1. The molecular weight excluding hydrogens is 472 g/mol. The zero-order chi connectivity index (χ0) is 26.6. The van der Waals surface area contributed by atoms with E-state index in [4.69, 9.17) is 0 Å². The van der Waals surface area contributed by atoms with E-state index in [0.717, 1.165) is 32.1 Å². The minimum Gasteiger partial charge on any atom is -0.506 e. The molecule has 0 saturated heterocycles. The third-order valence-electron chi connectivity index (χ3n) is 7.77. The van der Waals surface area contributed by atoms with Gasteiger partial charge in [0.05, 0.1) is 11.6 Å². The van der Waals surface area contributed by atoms with Crippen LogP contribution in [0.5, 0.6) is 5.75 Å². The van der Waals surface area contributed by atoms with Crippen LogP contribution in [0, 0.1) is 0 Å². The van der Waals surface area contributed by atoms with Crippen LogP contribution in [0.15, 0.2) is 71.5 Å². The normalized spacial score (nSPS) is 14.7. The van der Waals surface area contributed by atoms with Gasteiger partial charge in [-0.1, -0.05) is 68.5 Å². The monoisotopic (exact) mass is 508 g/mol. The van der Waals surface area contributed by atoms with E-state index >= 15 is 0 Å². The zero-order valence-electron chi connectivity index (χ0n) is 22.1. The maximum absolute atomic E-state index is 11.6. The lowest BCUT2D eigenvalue weighted by Gasteiger charge is -2.18. The summed E-state index contributed by atoms with van der Waals surface area (Å²) in [5.41, 5.74) is 9.33. The summed E-state index contributed by atoms with van der Waals surface area (Å²) in [5.74, 6) is 0.00584. The van der Waals surface area contributed by atoms with Gasteiger partial charge in [-0.05, 0) is 83.2 Å². The Balaban J connectivity index is 0.000000273. The standard InChI is InChI=1S/C24H28N2O3.C9H8/c1-3-14-9-16-11-18(12-17(16)10-15(14)4-2)25-13-22(28)19-5-7-21(27)24-20(19)6-8-23(29)26-24;1-2-5-9-7-3-6-8(9)4-1/h5-10,18,22,25,27-28H,3-4,11-13H2,1-2H3,(H,26,29);1-6H,7H2/t22-;/m0./s1. The van der Waals surface area contributed by atoms with Gasteiger partial charge in [0.1, 0.15) is 5.75 Å². The van der Waals surface area contributed by atoms with Crippen LogP contribution in [-0.4, -0.2) is 27.8 Å². The lowest BCUT2D eigenvalue weighted by Crippen LogP contribution is -2.33. The number of aliphatic hydroxyl groups is 1. The summed E-state index contributed by atoms with van der Waals surface area (Å²) in [6.45, 7) is 4.83. The predicted molar refractivity (Wildman–Crippen MR) is 155 cm³/mol. The highest BCUT2D eigenvalue weighted by Crippen LogP contribution is 2.30. The first kappa shape index (κ1) is 26.0. The van der Waals surface area contributed by atoms with E-state index in [0.29, 0.717) is 29.1 Å². The molecule has 0 amide bonds. The van der Waals surface area contributed by atoms with E-state index in [2.05, 4.69) is 72.7 Å². The number of aromatic hydroxyl groups is 1. The van der Waals surface area contributed by atoms with Crippen molar-refractivity contribution in [2.75, 3.05) is 6.54 Å². The average molecular weight is 509 g/mol. The van der Waals surface area contributed by atoms with E-state index in [1.54, 1.807) is 12.1 Å². The van der Waals surface area contributed by atoms with E-state index < -0.39 is 6.10 Å². The largest absolute Gasteiger partial charge is 0.506 e. The molecule has 38 heavy (non-hydrogen) atoms. The van der Waals surface area contributed by atoms with Gasteiger partial charge in [-0.15, -0.1) is 0 Å². The molecule has 0 bridgehead atoms. The van der Waals surface area contributed by atoms with Gasteiger partial charge in [-0.3, -0.25) is 4.79 Å². The number of hydrogen-bond acceptors (Lipinski definition) is 4. The fourth-order valence-electron chi connectivity index (χ4n) is 5.71. The van der Waals surface area contributed by atoms with Crippen molar-refractivity contribution in [2.24, 2.45) is 0 Å². The Morgan fingerprint density at radius 1 is 0.947 bits per heavy atom. The second-order valence-corrected chi connectivity index (χ2v) is 10.2. The molecule has 4 N–H and O–H groups in total. The molecule has 1 heterocycles. The molecule has 5 nitrogen and oxygen atoms in total. The van der Waals surface area contributed by atoms with Crippen LogP contribution in [0.2, 0.25) is 0 Å². The molecule has 0 unspecified atom stereocenters. The molecule has 5 heteroatoms. The van der Waals surface area contributed by atoms with Crippen molar-refractivity contribution in [1.29, 1.82) is 0 Å². The number of fused-ring (bicyclic) bond motifs is 3.